The summed E-state index contributed by atoms with van der Waals surface area (Å²) in [7, 11) is 0. The zero-order valence-electron chi connectivity index (χ0n) is 10.4. The Morgan fingerprint density at radius 1 is 1.16 bits per heavy atom. The number of benzene rings is 1. The van der Waals surface area contributed by atoms with Gasteiger partial charge in [0.05, 0.1) is 24.5 Å². The third kappa shape index (κ3) is 2.52. The molecule has 2 aromatic heterocycles. The number of aromatic hydroxyl groups is 1. The van der Waals surface area contributed by atoms with Crippen LogP contribution in [0.1, 0.15) is 5.76 Å². The zero-order chi connectivity index (χ0) is 13.1. The van der Waals surface area contributed by atoms with Gasteiger partial charge in [0.2, 0.25) is 0 Å². The number of phenols is 1. The molecule has 0 radical (unpaired) electrons. The van der Waals surface area contributed by atoms with Gasteiger partial charge < -0.3 is 14.1 Å². The summed E-state index contributed by atoms with van der Waals surface area (Å²) in [6, 6.07) is 11.0. The lowest BCUT2D eigenvalue weighted by atomic mass is 10.1. The van der Waals surface area contributed by atoms with Crippen molar-refractivity contribution in [3.05, 3.63) is 60.9 Å². The fourth-order valence-corrected chi connectivity index (χ4v) is 2.06. The average Bonchev–Trinajstić information content (AvgIpc) is 3.08. The molecule has 4 heteroatoms. The van der Waals surface area contributed by atoms with Crippen molar-refractivity contribution >= 4 is 0 Å². The van der Waals surface area contributed by atoms with E-state index in [4.69, 9.17) is 4.42 Å². The van der Waals surface area contributed by atoms with Crippen LogP contribution in [-0.4, -0.2) is 14.7 Å². The van der Waals surface area contributed by atoms with Crippen LogP contribution in [0.5, 0.6) is 5.75 Å². The second kappa shape index (κ2) is 5.02. The number of aromatic nitrogens is 2. The van der Waals surface area contributed by atoms with Crippen molar-refractivity contribution in [1.82, 2.24) is 9.55 Å². The lowest BCUT2D eigenvalue weighted by molar-refractivity contribution is 0.475. The van der Waals surface area contributed by atoms with Crippen LogP contribution < -0.4 is 0 Å². The van der Waals surface area contributed by atoms with E-state index >= 15 is 0 Å². The minimum atomic E-state index is 0.269. The quantitative estimate of drug-likeness (QED) is 0.778. The molecule has 0 aliphatic rings. The first-order valence-corrected chi connectivity index (χ1v) is 6.15. The van der Waals surface area contributed by atoms with Crippen LogP contribution in [0, 0.1) is 0 Å². The molecule has 1 N–H and O–H groups in total. The van der Waals surface area contributed by atoms with Gasteiger partial charge in [0, 0.05) is 18.5 Å². The molecule has 4 nitrogen and oxygen atoms in total. The third-order valence-corrected chi connectivity index (χ3v) is 3.05. The van der Waals surface area contributed by atoms with Crippen molar-refractivity contribution < 1.29 is 9.52 Å². The number of hydrogen-bond donors (Lipinski definition) is 1. The number of furan rings is 1. The maximum Gasteiger partial charge on any atom is 0.115 e. The predicted octanol–water partition coefficient (Wildman–Crippen LogP) is 3.09. The van der Waals surface area contributed by atoms with Crippen LogP contribution in [0.3, 0.4) is 0 Å². The Morgan fingerprint density at radius 2 is 2.00 bits per heavy atom. The molecule has 3 rings (SSSR count). The van der Waals surface area contributed by atoms with Crippen LogP contribution in [-0.2, 0) is 13.0 Å². The maximum atomic E-state index is 9.32. The molecule has 96 valence electrons. The van der Waals surface area contributed by atoms with Gasteiger partial charge in [-0.3, -0.25) is 0 Å². The molecule has 0 atom stereocenters. The highest BCUT2D eigenvalue weighted by molar-refractivity contribution is 5.59. The molecule has 3 aromatic rings. The Morgan fingerprint density at radius 3 is 2.74 bits per heavy atom. The lowest BCUT2D eigenvalue weighted by Crippen LogP contribution is -2.01. The fraction of sp³-hybridized carbons (Fsp3) is 0.133. The molecular formula is C15H14N2O2. The van der Waals surface area contributed by atoms with Crippen LogP contribution in [0.15, 0.2) is 59.6 Å². The molecular weight excluding hydrogens is 240 g/mol. The monoisotopic (exact) mass is 254 g/mol. The minimum Gasteiger partial charge on any atom is -0.508 e. The fourth-order valence-electron chi connectivity index (χ4n) is 2.06. The molecule has 0 amide bonds. The van der Waals surface area contributed by atoms with E-state index in [-0.39, 0.29) is 5.75 Å². The Kier molecular flexibility index (Phi) is 3.06. The van der Waals surface area contributed by atoms with Crippen LogP contribution >= 0.6 is 0 Å². The topological polar surface area (TPSA) is 51.2 Å². The lowest BCUT2D eigenvalue weighted by Gasteiger charge is -2.07. The van der Waals surface area contributed by atoms with Crippen molar-refractivity contribution in [2.24, 2.45) is 0 Å². The molecule has 19 heavy (non-hydrogen) atoms. The average molecular weight is 254 g/mol. The molecule has 0 unspecified atom stereocenters. The first kappa shape index (κ1) is 11.6. The normalized spacial score (nSPS) is 10.7. The highest BCUT2D eigenvalue weighted by Gasteiger charge is 2.06. The summed E-state index contributed by atoms with van der Waals surface area (Å²) in [5.74, 6) is 1.23. The van der Waals surface area contributed by atoms with Gasteiger partial charge in [-0.1, -0.05) is 0 Å². The Hall–Kier alpha value is -2.49. The van der Waals surface area contributed by atoms with Gasteiger partial charge in [0.15, 0.2) is 0 Å². The van der Waals surface area contributed by atoms with Gasteiger partial charge in [0.1, 0.15) is 11.5 Å². The van der Waals surface area contributed by atoms with Crippen LogP contribution in [0.2, 0.25) is 0 Å². The molecule has 0 saturated carbocycles. The van der Waals surface area contributed by atoms with E-state index in [0.717, 1.165) is 30.0 Å². The van der Waals surface area contributed by atoms with E-state index in [1.54, 1.807) is 18.4 Å². The van der Waals surface area contributed by atoms with Crippen molar-refractivity contribution in [1.29, 1.82) is 0 Å². The molecule has 0 spiro atoms. The molecule has 0 aliphatic heterocycles. The molecule has 0 aliphatic carbocycles. The number of hydrogen-bond acceptors (Lipinski definition) is 3. The third-order valence-electron chi connectivity index (χ3n) is 3.05. The van der Waals surface area contributed by atoms with Crippen LogP contribution in [0.25, 0.3) is 11.3 Å². The Bertz CT molecular complexity index is 639. The summed E-state index contributed by atoms with van der Waals surface area (Å²) in [4.78, 5) is 4.19. The zero-order valence-corrected chi connectivity index (χ0v) is 10.4. The van der Waals surface area contributed by atoms with Crippen molar-refractivity contribution in [3.8, 4) is 17.0 Å². The van der Waals surface area contributed by atoms with E-state index in [1.165, 1.54) is 0 Å². The second-order valence-corrected chi connectivity index (χ2v) is 4.35. The van der Waals surface area contributed by atoms with Gasteiger partial charge in [-0.2, -0.15) is 0 Å². The first-order valence-electron chi connectivity index (χ1n) is 6.15. The van der Waals surface area contributed by atoms with E-state index in [1.807, 2.05) is 36.8 Å². The van der Waals surface area contributed by atoms with Crippen LogP contribution in [0.4, 0.5) is 0 Å². The minimum absolute atomic E-state index is 0.269. The van der Waals surface area contributed by atoms with E-state index in [2.05, 4.69) is 9.55 Å². The number of phenolic OH excluding ortho intramolecular Hbond substituents is 1. The molecule has 0 bridgehead atoms. The highest BCUT2D eigenvalue weighted by atomic mass is 16.3. The molecule has 1 aromatic carbocycles. The second-order valence-electron chi connectivity index (χ2n) is 4.35. The van der Waals surface area contributed by atoms with Gasteiger partial charge in [-0.05, 0) is 36.4 Å². The van der Waals surface area contributed by atoms with E-state index in [9.17, 15) is 5.11 Å². The van der Waals surface area contributed by atoms with E-state index in [0.29, 0.717) is 0 Å². The standard InChI is InChI=1S/C15H14N2O2/c18-13-5-3-12(4-6-13)15-10-16-11-17(15)8-7-14-2-1-9-19-14/h1-6,9-11,18H,7-8H2. The summed E-state index contributed by atoms with van der Waals surface area (Å²) >= 11 is 0. The van der Waals surface area contributed by atoms with Crippen molar-refractivity contribution in [3.63, 3.8) is 0 Å². The molecule has 0 fully saturated rings. The Labute approximate surface area is 111 Å². The highest BCUT2D eigenvalue weighted by Crippen LogP contribution is 2.21. The van der Waals surface area contributed by atoms with Gasteiger partial charge >= 0.3 is 0 Å². The summed E-state index contributed by atoms with van der Waals surface area (Å²) < 4.78 is 7.40. The summed E-state index contributed by atoms with van der Waals surface area (Å²) in [5.41, 5.74) is 2.07. The predicted molar refractivity (Wildman–Crippen MR) is 71.7 cm³/mol. The molecule has 2 heterocycles. The van der Waals surface area contributed by atoms with Gasteiger partial charge in [0.25, 0.3) is 0 Å². The van der Waals surface area contributed by atoms with Crippen molar-refractivity contribution in [2.45, 2.75) is 13.0 Å². The van der Waals surface area contributed by atoms with Gasteiger partial charge in [-0.15, -0.1) is 0 Å². The van der Waals surface area contributed by atoms with Crippen molar-refractivity contribution in [2.75, 3.05) is 0 Å². The summed E-state index contributed by atoms with van der Waals surface area (Å²) in [6.07, 6.45) is 6.15. The maximum absolute atomic E-state index is 9.32. The number of nitrogens with zero attached hydrogens (tertiary/aromatic N) is 2. The number of aryl methyl sites for hydroxylation is 2. The summed E-state index contributed by atoms with van der Waals surface area (Å²) in [6.45, 7) is 0.809. The smallest absolute Gasteiger partial charge is 0.115 e. The largest absolute Gasteiger partial charge is 0.508 e. The number of rotatable bonds is 4. The summed E-state index contributed by atoms with van der Waals surface area (Å²) in [5, 5.41) is 9.32. The number of imidazole rings is 1. The SMILES string of the molecule is Oc1ccc(-c2cncn2CCc2ccco2)cc1. The van der Waals surface area contributed by atoms with Gasteiger partial charge in [-0.25, -0.2) is 4.98 Å². The molecule has 0 saturated heterocycles. The van der Waals surface area contributed by atoms with E-state index < -0.39 is 0 Å². The Balaban J connectivity index is 1.80. The first-order chi connectivity index (χ1) is 9.33.